The van der Waals surface area contributed by atoms with E-state index >= 15 is 0 Å². The second kappa shape index (κ2) is 8.34. The lowest BCUT2D eigenvalue weighted by molar-refractivity contribution is 0.482. The molecular weight excluding hydrogens is 396 g/mol. The molecular formula is C24H22N2O3S. The van der Waals surface area contributed by atoms with Gasteiger partial charge in [-0.15, -0.1) is 0 Å². The van der Waals surface area contributed by atoms with Crippen molar-refractivity contribution in [2.75, 3.05) is 0 Å². The van der Waals surface area contributed by atoms with E-state index in [4.69, 9.17) is 9.97 Å². The van der Waals surface area contributed by atoms with Gasteiger partial charge in [0.2, 0.25) is 0 Å². The van der Waals surface area contributed by atoms with E-state index in [1.54, 1.807) is 12.1 Å². The third kappa shape index (κ3) is 3.97. The standard InChI is InChI=1S/C24H22N2O3S/c1-2-3-10-19-15-16-20-23(24(19)30(27,28)29)26-22(18-13-8-5-9-14-18)21(25-20)17-11-6-4-7-12-17/h4-9,11-16H,2-3,10H2,1H3,(H,27,28,29). The molecule has 0 amide bonds. The summed E-state index contributed by atoms with van der Waals surface area (Å²) in [6.07, 6.45) is 2.27. The zero-order valence-corrected chi connectivity index (χ0v) is 17.4. The summed E-state index contributed by atoms with van der Waals surface area (Å²) in [5.74, 6) is 0. The molecule has 0 unspecified atom stereocenters. The molecule has 0 atom stereocenters. The van der Waals surface area contributed by atoms with Crippen molar-refractivity contribution in [1.82, 2.24) is 9.97 Å². The highest BCUT2D eigenvalue weighted by atomic mass is 32.2. The number of hydrogen-bond donors (Lipinski definition) is 1. The van der Waals surface area contributed by atoms with E-state index in [-0.39, 0.29) is 10.4 Å². The van der Waals surface area contributed by atoms with Gasteiger partial charge in [0.05, 0.1) is 16.9 Å². The third-order valence-corrected chi connectivity index (χ3v) is 6.00. The molecule has 0 aliphatic heterocycles. The summed E-state index contributed by atoms with van der Waals surface area (Å²) in [4.78, 5) is 9.39. The van der Waals surface area contributed by atoms with Crippen LogP contribution in [0.1, 0.15) is 25.3 Å². The van der Waals surface area contributed by atoms with Crippen LogP contribution in [0.3, 0.4) is 0 Å². The van der Waals surface area contributed by atoms with Crippen molar-refractivity contribution in [2.24, 2.45) is 0 Å². The minimum Gasteiger partial charge on any atom is -0.282 e. The number of rotatable bonds is 6. The summed E-state index contributed by atoms with van der Waals surface area (Å²) in [5.41, 5.74) is 4.14. The first kappa shape index (κ1) is 20.2. The molecule has 0 saturated heterocycles. The van der Waals surface area contributed by atoms with Gasteiger partial charge < -0.3 is 0 Å². The van der Waals surface area contributed by atoms with Gasteiger partial charge in [-0.2, -0.15) is 8.42 Å². The SMILES string of the molecule is CCCCc1ccc2nc(-c3ccccc3)c(-c3ccccc3)nc2c1S(=O)(=O)O. The fourth-order valence-corrected chi connectivity index (χ4v) is 4.48. The Labute approximate surface area is 176 Å². The van der Waals surface area contributed by atoms with E-state index in [0.29, 0.717) is 28.9 Å². The van der Waals surface area contributed by atoms with Gasteiger partial charge in [0.25, 0.3) is 10.1 Å². The fourth-order valence-electron chi connectivity index (χ4n) is 3.59. The minimum absolute atomic E-state index is 0.141. The molecule has 1 N–H and O–H groups in total. The monoisotopic (exact) mass is 418 g/mol. The van der Waals surface area contributed by atoms with Gasteiger partial charge in [-0.3, -0.25) is 4.55 Å². The first-order valence-corrected chi connectivity index (χ1v) is 11.3. The Balaban J connectivity index is 2.07. The van der Waals surface area contributed by atoms with Gasteiger partial charge in [0, 0.05) is 11.1 Å². The molecule has 30 heavy (non-hydrogen) atoms. The summed E-state index contributed by atoms with van der Waals surface area (Å²) in [6.45, 7) is 2.04. The molecule has 1 heterocycles. The number of benzene rings is 3. The maximum absolute atomic E-state index is 12.3. The highest BCUT2D eigenvalue weighted by molar-refractivity contribution is 7.86. The van der Waals surface area contributed by atoms with Gasteiger partial charge in [-0.25, -0.2) is 9.97 Å². The van der Waals surface area contributed by atoms with E-state index in [0.717, 1.165) is 24.0 Å². The Morgan fingerprint density at radius 2 is 1.37 bits per heavy atom. The van der Waals surface area contributed by atoms with Gasteiger partial charge in [-0.1, -0.05) is 80.1 Å². The maximum Gasteiger partial charge on any atom is 0.297 e. The molecule has 152 valence electrons. The Morgan fingerprint density at radius 3 is 1.90 bits per heavy atom. The maximum atomic E-state index is 12.3. The van der Waals surface area contributed by atoms with Gasteiger partial charge >= 0.3 is 0 Å². The first-order valence-electron chi connectivity index (χ1n) is 9.91. The Kier molecular flexibility index (Phi) is 5.61. The molecule has 4 rings (SSSR count). The summed E-state index contributed by atoms with van der Waals surface area (Å²) in [7, 11) is -4.47. The zero-order chi connectivity index (χ0) is 21.1. The summed E-state index contributed by atoms with van der Waals surface area (Å²) in [5, 5.41) is 0. The molecule has 0 fully saturated rings. The Bertz CT molecular complexity index is 1290. The van der Waals surface area contributed by atoms with Crippen LogP contribution >= 0.6 is 0 Å². The van der Waals surface area contributed by atoms with Crippen molar-refractivity contribution in [3.05, 3.63) is 78.4 Å². The first-order chi connectivity index (χ1) is 14.5. The lowest BCUT2D eigenvalue weighted by Gasteiger charge is -2.14. The third-order valence-electron chi connectivity index (χ3n) is 5.02. The highest BCUT2D eigenvalue weighted by Crippen LogP contribution is 2.34. The van der Waals surface area contributed by atoms with E-state index in [9.17, 15) is 13.0 Å². The van der Waals surface area contributed by atoms with E-state index in [1.807, 2.05) is 67.6 Å². The molecule has 0 aliphatic rings. The second-order valence-electron chi connectivity index (χ2n) is 7.15. The predicted molar refractivity (Wildman–Crippen MR) is 119 cm³/mol. The number of nitrogens with zero attached hydrogens (tertiary/aromatic N) is 2. The van der Waals surface area contributed by atoms with Crippen LogP contribution in [-0.2, 0) is 16.5 Å². The van der Waals surface area contributed by atoms with Gasteiger partial charge in [-0.05, 0) is 24.5 Å². The van der Waals surface area contributed by atoms with Crippen molar-refractivity contribution in [3.63, 3.8) is 0 Å². The average Bonchev–Trinajstić information content (AvgIpc) is 2.76. The quantitative estimate of drug-likeness (QED) is 0.415. The molecule has 0 aliphatic carbocycles. The predicted octanol–water partition coefficient (Wildman–Crippen LogP) is 5.55. The minimum atomic E-state index is -4.47. The van der Waals surface area contributed by atoms with E-state index in [1.165, 1.54) is 0 Å². The molecule has 6 heteroatoms. The summed E-state index contributed by atoms with van der Waals surface area (Å²) >= 11 is 0. The zero-order valence-electron chi connectivity index (χ0n) is 16.6. The van der Waals surface area contributed by atoms with Crippen molar-refractivity contribution < 1.29 is 13.0 Å². The molecule has 0 radical (unpaired) electrons. The topological polar surface area (TPSA) is 80.2 Å². The second-order valence-corrected chi connectivity index (χ2v) is 8.51. The molecule has 1 aromatic heterocycles. The number of fused-ring (bicyclic) bond motifs is 1. The molecule has 5 nitrogen and oxygen atoms in total. The summed E-state index contributed by atoms with van der Waals surface area (Å²) < 4.78 is 34.7. The van der Waals surface area contributed by atoms with Crippen molar-refractivity contribution in [3.8, 4) is 22.5 Å². The number of unbranched alkanes of at least 4 members (excludes halogenated alkanes) is 1. The molecule has 0 bridgehead atoms. The van der Waals surface area contributed by atoms with Crippen LogP contribution in [0.5, 0.6) is 0 Å². The van der Waals surface area contributed by atoms with Crippen LogP contribution in [0.25, 0.3) is 33.5 Å². The van der Waals surface area contributed by atoms with Gasteiger partial charge in [0.1, 0.15) is 10.4 Å². The van der Waals surface area contributed by atoms with Crippen LogP contribution in [0.4, 0.5) is 0 Å². The van der Waals surface area contributed by atoms with Crippen LogP contribution < -0.4 is 0 Å². The Hall–Kier alpha value is -3.09. The number of aryl methyl sites for hydroxylation is 1. The summed E-state index contributed by atoms with van der Waals surface area (Å²) in [6, 6.07) is 22.7. The van der Waals surface area contributed by atoms with Crippen LogP contribution in [0.2, 0.25) is 0 Å². The molecule has 3 aromatic carbocycles. The van der Waals surface area contributed by atoms with Crippen molar-refractivity contribution >= 4 is 21.2 Å². The normalized spacial score (nSPS) is 11.7. The largest absolute Gasteiger partial charge is 0.297 e. The lowest BCUT2D eigenvalue weighted by atomic mass is 10.0. The van der Waals surface area contributed by atoms with Crippen LogP contribution in [0, 0.1) is 0 Å². The van der Waals surface area contributed by atoms with Crippen LogP contribution in [0.15, 0.2) is 77.7 Å². The smallest absolute Gasteiger partial charge is 0.282 e. The highest BCUT2D eigenvalue weighted by Gasteiger charge is 2.23. The number of hydrogen-bond acceptors (Lipinski definition) is 4. The molecule has 4 aromatic rings. The lowest BCUT2D eigenvalue weighted by Crippen LogP contribution is -2.07. The molecule has 0 spiro atoms. The van der Waals surface area contributed by atoms with E-state index in [2.05, 4.69) is 0 Å². The van der Waals surface area contributed by atoms with E-state index < -0.39 is 10.1 Å². The van der Waals surface area contributed by atoms with Gasteiger partial charge in [0.15, 0.2) is 0 Å². The number of aromatic nitrogens is 2. The fraction of sp³-hybridized carbons (Fsp3) is 0.167. The van der Waals surface area contributed by atoms with Crippen molar-refractivity contribution in [2.45, 2.75) is 31.1 Å². The Morgan fingerprint density at radius 1 is 0.800 bits per heavy atom. The van der Waals surface area contributed by atoms with Crippen LogP contribution in [-0.4, -0.2) is 22.9 Å². The average molecular weight is 419 g/mol. The van der Waals surface area contributed by atoms with Crippen molar-refractivity contribution in [1.29, 1.82) is 0 Å². The molecule has 0 saturated carbocycles.